The molecule has 3 rings (SSSR count). The van der Waals surface area contributed by atoms with Gasteiger partial charge in [0, 0.05) is 18.2 Å². The summed E-state index contributed by atoms with van der Waals surface area (Å²) in [6.07, 6.45) is 4.53. The highest BCUT2D eigenvalue weighted by Gasteiger charge is 2.20. The third kappa shape index (κ3) is 5.64. The minimum absolute atomic E-state index is 0.0126. The van der Waals surface area contributed by atoms with Crippen molar-refractivity contribution in [3.63, 3.8) is 0 Å². The Labute approximate surface area is 161 Å². The van der Waals surface area contributed by atoms with Gasteiger partial charge < -0.3 is 20.1 Å². The molecule has 0 heterocycles. The fourth-order valence-corrected chi connectivity index (χ4v) is 3.09. The van der Waals surface area contributed by atoms with Crippen molar-refractivity contribution in [1.29, 1.82) is 0 Å². The third-order valence-electron chi connectivity index (χ3n) is 4.81. The molecule has 2 amide bonds. The van der Waals surface area contributed by atoms with Crippen LogP contribution >= 0.6 is 0 Å². The lowest BCUT2D eigenvalue weighted by atomic mass is 9.96. The number of hydrogen-bond acceptors (Lipinski definition) is 3. The van der Waals surface area contributed by atoms with Crippen LogP contribution in [0.3, 0.4) is 0 Å². The summed E-state index contributed by atoms with van der Waals surface area (Å²) >= 11 is 0. The first-order valence-corrected chi connectivity index (χ1v) is 9.56. The Kier molecular flexibility index (Phi) is 6.58. The Balaban J connectivity index is 1.47. The van der Waals surface area contributed by atoms with Gasteiger partial charge >= 0.3 is 6.03 Å². The Hall–Kier alpha value is -2.69. The molecule has 0 spiro atoms. The van der Waals surface area contributed by atoms with Crippen molar-refractivity contribution in [2.45, 2.75) is 51.3 Å². The molecule has 0 bridgehead atoms. The molecule has 1 fully saturated rings. The van der Waals surface area contributed by atoms with E-state index in [0.29, 0.717) is 12.6 Å². The molecule has 27 heavy (non-hydrogen) atoms. The molecular weight excluding hydrogens is 340 g/mol. The summed E-state index contributed by atoms with van der Waals surface area (Å²) in [5.41, 5.74) is 2.13. The van der Waals surface area contributed by atoms with Crippen LogP contribution in [0.15, 0.2) is 48.5 Å². The van der Waals surface area contributed by atoms with Gasteiger partial charge in [-0.25, -0.2) is 4.79 Å². The van der Waals surface area contributed by atoms with Gasteiger partial charge in [0.1, 0.15) is 11.5 Å². The lowest BCUT2D eigenvalue weighted by Gasteiger charge is -2.27. The summed E-state index contributed by atoms with van der Waals surface area (Å²) in [7, 11) is 1.65. The van der Waals surface area contributed by atoms with Gasteiger partial charge in [-0.05, 0) is 56.4 Å². The van der Waals surface area contributed by atoms with E-state index in [4.69, 9.17) is 9.47 Å². The highest BCUT2D eigenvalue weighted by Crippen LogP contribution is 2.27. The van der Waals surface area contributed by atoms with Gasteiger partial charge in [-0.15, -0.1) is 0 Å². The van der Waals surface area contributed by atoms with Crippen molar-refractivity contribution in [1.82, 2.24) is 10.6 Å². The molecule has 0 aromatic heterocycles. The second-order valence-electron chi connectivity index (χ2n) is 7.06. The summed E-state index contributed by atoms with van der Waals surface area (Å²) in [4.78, 5) is 12.3. The lowest BCUT2D eigenvalue weighted by Crippen LogP contribution is -2.41. The molecule has 2 N–H and O–H groups in total. The van der Waals surface area contributed by atoms with Crippen molar-refractivity contribution < 1.29 is 14.3 Å². The molecule has 1 unspecified atom stereocenters. The number of benzene rings is 2. The number of amides is 2. The van der Waals surface area contributed by atoms with Gasteiger partial charge in [0.25, 0.3) is 0 Å². The van der Waals surface area contributed by atoms with E-state index in [1.54, 1.807) is 7.11 Å². The number of para-hydroxylation sites is 1. The van der Waals surface area contributed by atoms with Gasteiger partial charge in [0.2, 0.25) is 0 Å². The lowest BCUT2D eigenvalue weighted by molar-refractivity contribution is 0.119. The van der Waals surface area contributed by atoms with Gasteiger partial charge in [-0.3, -0.25) is 0 Å². The van der Waals surface area contributed by atoms with Crippen LogP contribution < -0.4 is 20.1 Å². The zero-order valence-electron chi connectivity index (χ0n) is 16.0. The zero-order valence-corrected chi connectivity index (χ0v) is 16.0. The van der Waals surface area contributed by atoms with E-state index < -0.39 is 0 Å². The summed E-state index contributed by atoms with van der Waals surface area (Å²) < 4.78 is 11.3. The number of carbonyl (C=O) groups excluding carboxylic acids is 1. The van der Waals surface area contributed by atoms with Crippen molar-refractivity contribution >= 4 is 6.03 Å². The van der Waals surface area contributed by atoms with Crippen LogP contribution in [-0.2, 0) is 13.0 Å². The molecule has 5 heteroatoms. The second kappa shape index (κ2) is 9.31. The molecule has 1 saturated carbocycles. The molecule has 0 aliphatic heterocycles. The Bertz CT molecular complexity index is 759. The van der Waals surface area contributed by atoms with Crippen LogP contribution in [0.2, 0.25) is 0 Å². The average Bonchev–Trinajstić information content (AvgIpc) is 2.63. The molecular formula is C22H28N2O3. The minimum atomic E-state index is -0.177. The zero-order chi connectivity index (χ0) is 19.1. The molecule has 144 valence electrons. The summed E-state index contributed by atoms with van der Waals surface area (Å²) in [6, 6.07) is 15.6. The number of nitrogens with one attached hydrogen (secondary N) is 2. The summed E-state index contributed by atoms with van der Waals surface area (Å²) in [6.45, 7) is 2.44. The Morgan fingerprint density at radius 2 is 2.00 bits per heavy atom. The van der Waals surface area contributed by atoms with E-state index in [0.717, 1.165) is 41.9 Å². The van der Waals surface area contributed by atoms with Crippen LogP contribution in [0.25, 0.3) is 0 Å². The van der Waals surface area contributed by atoms with Gasteiger partial charge in [-0.1, -0.05) is 30.3 Å². The second-order valence-corrected chi connectivity index (χ2v) is 7.06. The van der Waals surface area contributed by atoms with Crippen molar-refractivity contribution in [3.8, 4) is 11.5 Å². The number of ether oxygens (including phenoxy) is 2. The Morgan fingerprint density at radius 1 is 1.19 bits per heavy atom. The highest BCUT2D eigenvalue weighted by atomic mass is 16.5. The van der Waals surface area contributed by atoms with E-state index in [1.807, 2.05) is 55.5 Å². The molecule has 5 nitrogen and oxygen atoms in total. The highest BCUT2D eigenvalue weighted by molar-refractivity contribution is 5.74. The van der Waals surface area contributed by atoms with E-state index in [9.17, 15) is 4.79 Å². The minimum Gasteiger partial charge on any atom is -0.497 e. The predicted molar refractivity (Wildman–Crippen MR) is 106 cm³/mol. The first-order chi connectivity index (χ1) is 13.1. The van der Waals surface area contributed by atoms with Gasteiger partial charge in [0.05, 0.1) is 13.2 Å². The van der Waals surface area contributed by atoms with Gasteiger partial charge in [0.15, 0.2) is 0 Å². The molecule has 2 aromatic rings. The van der Waals surface area contributed by atoms with Crippen LogP contribution in [0, 0.1) is 0 Å². The van der Waals surface area contributed by atoms with Crippen molar-refractivity contribution in [2.24, 2.45) is 0 Å². The van der Waals surface area contributed by atoms with Crippen LogP contribution in [0.1, 0.15) is 37.3 Å². The standard InChI is InChI=1S/C22H28N2O3/c1-16(13-17-7-5-11-20(14-17)26-2)24-22(25)23-15-18-8-3-4-12-21(18)27-19-9-6-10-19/h3-5,7-8,11-12,14,16,19H,6,9-10,13,15H2,1-2H3,(H2,23,24,25). The number of rotatable bonds is 8. The third-order valence-corrected chi connectivity index (χ3v) is 4.81. The Morgan fingerprint density at radius 3 is 2.74 bits per heavy atom. The van der Waals surface area contributed by atoms with Gasteiger partial charge in [-0.2, -0.15) is 0 Å². The topological polar surface area (TPSA) is 59.6 Å². The van der Waals surface area contributed by atoms with E-state index >= 15 is 0 Å². The summed E-state index contributed by atoms with van der Waals surface area (Å²) in [5, 5.41) is 5.92. The monoisotopic (exact) mass is 368 g/mol. The van der Waals surface area contributed by atoms with E-state index in [1.165, 1.54) is 6.42 Å². The fourth-order valence-electron chi connectivity index (χ4n) is 3.09. The maximum atomic E-state index is 12.3. The molecule has 0 saturated heterocycles. The number of methoxy groups -OCH3 is 1. The SMILES string of the molecule is COc1cccc(CC(C)NC(=O)NCc2ccccc2OC2CCC2)c1. The average molecular weight is 368 g/mol. The normalized spacial score (nSPS) is 14.7. The molecule has 0 radical (unpaired) electrons. The molecule has 2 aromatic carbocycles. The number of urea groups is 1. The number of hydrogen-bond donors (Lipinski definition) is 2. The first-order valence-electron chi connectivity index (χ1n) is 9.56. The van der Waals surface area contributed by atoms with Crippen LogP contribution in [0.4, 0.5) is 4.79 Å². The van der Waals surface area contributed by atoms with Crippen molar-refractivity contribution in [2.75, 3.05) is 7.11 Å². The molecule has 1 atom stereocenters. The van der Waals surface area contributed by atoms with E-state index in [2.05, 4.69) is 10.6 Å². The quantitative estimate of drug-likeness (QED) is 0.739. The maximum Gasteiger partial charge on any atom is 0.315 e. The fraction of sp³-hybridized carbons (Fsp3) is 0.409. The van der Waals surface area contributed by atoms with Crippen LogP contribution in [-0.4, -0.2) is 25.3 Å². The van der Waals surface area contributed by atoms with Crippen LogP contribution in [0.5, 0.6) is 11.5 Å². The maximum absolute atomic E-state index is 12.3. The van der Waals surface area contributed by atoms with E-state index in [-0.39, 0.29) is 12.1 Å². The predicted octanol–water partition coefficient (Wildman–Crippen LogP) is 4.06. The molecule has 1 aliphatic carbocycles. The first kappa shape index (κ1) is 19.1. The molecule has 1 aliphatic rings. The van der Waals surface area contributed by atoms with Crippen molar-refractivity contribution in [3.05, 3.63) is 59.7 Å². The summed E-state index contributed by atoms with van der Waals surface area (Å²) in [5.74, 6) is 1.69. The smallest absolute Gasteiger partial charge is 0.315 e. The largest absolute Gasteiger partial charge is 0.497 e. The number of carbonyl (C=O) groups is 1.